The van der Waals surface area contributed by atoms with Crippen molar-refractivity contribution in [3.63, 3.8) is 0 Å². The Kier molecular flexibility index (Phi) is 5.09. The van der Waals surface area contributed by atoms with Crippen molar-refractivity contribution in [2.45, 2.75) is 38.2 Å². The van der Waals surface area contributed by atoms with Gasteiger partial charge in [-0.3, -0.25) is 4.99 Å². The SMILES string of the molecule is CC(C)(F)C[C@H](N=C(c1ccccc1)C(F)(F)F)C(=O)O. The molecule has 0 aliphatic carbocycles. The Balaban J connectivity index is 3.26. The highest BCUT2D eigenvalue weighted by molar-refractivity contribution is 6.05. The Morgan fingerprint density at radius 3 is 2.10 bits per heavy atom. The quantitative estimate of drug-likeness (QED) is 0.667. The number of hydrogen-bond acceptors (Lipinski definition) is 2. The molecular formula is C14H15F4NO2. The summed E-state index contributed by atoms with van der Waals surface area (Å²) < 4.78 is 52.7. The third kappa shape index (κ3) is 5.53. The van der Waals surface area contributed by atoms with Crippen molar-refractivity contribution in [3.8, 4) is 0 Å². The van der Waals surface area contributed by atoms with Crippen LogP contribution in [0, 0.1) is 0 Å². The van der Waals surface area contributed by atoms with Crippen LogP contribution in [0.25, 0.3) is 0 Å². The first kappa shape index (κ1) is 17.1. The van der Waals surface area contributed by atoms with Gasteiger partial charge in [-0.05, 0) is 13.8 Å². The normalized spacial score (nSPS) is 14.9. The predicted molar refractivity (Wildman–Crippen MR) is 70.3 cm³/mol. The van der Waals surface area contributed by atoms with E-state index in [2.05, 4.69) is 4.99 Å². The summed E-state index contributed by atoms with van der Waals surface area (Å²) in [5.41, 5.74) is -3.52. The molecule has 1 rings (SSSR count). The smallest absolute Gasteiger partial charge is 0.433 e. The van der Waals surface area contributed by atoms with Crippen LogP contribution in [0.15, 0.2) is 35.3 Å². The number of aliphatic carboxylic acids is 1. The van der Waals surface area contributed by atoms with Crippen molar-refractivity contribution in [3.05, 3.63) is 35.9 Å². The van der Waals surface area contributed by atoms with Crippen molar-refractivity contribution in [1.82, 2.24) is 0 Å². The zero-order valence-electron chi connectivity index (χ0n) is 11.5. The Bertz CT molecular complexity index is 518. The fourth-order valence-electron chi connectivity index (χ4n) is 1.71. The summed E-state index contributed by atoms with van der Waals surface area (Å²) >= 11 is 0. The zero-order valence-corrected chi connectivity index (χ0v) is 11.5. The van der Waals surface area contributed by atoms with E-state index in [-0.39, 0.29) is 5.56 Å². The molecule has 1 atom stereocenters. The molecule has 0 spiro atoms. The van der Waals surface area contributed by atoms with E-state index in [4.69, 9.17) is 5.11 Å². The van der Waals surface area contributed by atoms with Gasteiger partial charge in [-0.1, -0.05) is 30.3 Å². The number of halogens is 4. The van der Waals surface area contributed by atoms with E-state index in [1.165, 1.54) is 30.3 Å². The Morgan fingerprint density at radius 2 is 1.71 bits per heavy atom. The zero-order chi connectivity index (χ0) is 16.3. The lowest BCUT2D eigenvalue weighted by Crippen LogP contribution is -2.32. The third-order valence-corrected chi connectivity index (χ3v) is 2.56. The van der Waals surface area contributed by atoms with E-state index in [9.17, 15) is 22.4 Å². The maximum absolute atomic E-state index is 13.5. The molecule has 0 aromatic heterocycles. The minimum absolute atomic E-state index is 0.257. The standard InChI is InChI=1S/C14H15F4NO2/c1-13(2,15)8-10(12(20)21)19-11(14(16,17)18)9-6-4-3-5-7-9/h3-7,10H,8H2,1-2H3,(H,20,21)/t10-/m0/s1. The first-order valence-electron chi connectivity index (χ1n) is 6.13. The molecule has 1 aromatic rings. The van der Waals surface area contributed by atoms with E-state index < -0.39 is 36.0 Å². The molecule has 0 aliphatic rings. The first-order chi connectivity index (χ1) is 9.50. The van der Waals surface area contributed by atoms with Gasteiger partial charge in [0.05, 0.1) is 0 Å². The second-order valence-corrected chi connectivity index (χ2v) is 5.12. The molecule has 7 heteroatoms. The van der Waals surface area contributed by atoms with Crippen LogP contribution in [0.4, 0.5) is 17.6 Å². The minimum Gasteiger partial charge on any atom is -0.480 e. The molecular weight excluding hydrogens is 290 g/mol. The maximum atomic E-state index is 13.5. The molecule has 0 saturated carbocycles. The Labute approximate surface area is 119 Å². The molecule has 0 amide bonds. The Morgan fingerprint density at radius 1 is 1.19 bits per heavy atom. The van der Waals surface area contributed by atoms with Crippen molar-refractivity contribution < 1.29 is 27.5 Å². The van der Waals surface area contributed by atoms with Gasteiger partial charge in [-0.25, -0.2) is 9.18 Å². The lowest BCUT2D eigenvalue weighted by Gasteiger charge is -2.19. The topological polar surface area (TPSA) is 49.7 Å². The molecule has 1 N–H and O–H groups in total. The summed E-state index contributed by atoms with van der Waals surface area (Å²) in [6, 6.07) is 4.83. The average molecular weight is 305 g/mol. The minimum atomic E-state index is -4.82. The molecule has 0 saturated heterocycles. The molecule has 3 nitrogen and oxygen atoms in total. The monoisotopic (exact) mass is 305 g/mol. The number of benzene rings is 1. The highest BCUT2D eigenvalue weighted by atomic mass is 19.4. The van der Waals surface area contributed by atoms with Crippen LogP contribution in [0.5, 0.6) is 0 Å². The molecule has 0 aliphatic heterocycles. The fourth-order valence-corrected chi connectivity index (χ4v) is 1.71. The molecule has 21 heavy (non-hydrogen) atoms. The molecule has 1 aromatic carbocycles. The average Bonchev–Trinajstić information content (AvgIpc) is 2.32. The van der Waals surface area contributed by atoms with Crippen molar-refractivity contribution in [2.24, 2.45) is 4.99 Å². The van der Waals surface area contributed by atoms with Gasteiger partial charge in [0.25, 0.3) is 0 Å². The van der Waals surface area contributed by atoms with E-state index in [1.807, 2.05) is 0 Å². The van der Waals surface area contributed by atoms with Crippen LogP contribution < -0.4 is 0 Å². The number of aliphatic imine (C=N–C) groups is 1. The van der Waals surface area contributed by atoms with Gasteiger partial charge < -0.3 is 5.11 Å². The van der Waals surface area contributed by atoms with Crippen LogP contribution >= 0.6 is 0 Å². The van der Waals surface area contributed by atoms with E-state index >= 15 is 0 Å². The number of rotatable bonds is 5. The summed E-state index contributed by atoms with van der Waals surface area (Å²) in [6.45, 7) is 2.18. The number of carbonyl (C=O) groups is 1. The number of nitrogens with zero attached hydrogens (tertiary/aromatic N) is 1. The van der Waals surface area contributed by atoms with Gasteiger partial charge >= 0.3 is 12.1 Å². The summed E-state index contributed by atoms with van der Waals surface area (Å²) in [4.78, 5) is 14.3. The van der Waals surface area contributed by atoms with Crippen molar-refractivity contribution in [2.75, 3.05) is 0 Å². The molecule has 0 fully saturated rings. The summed E-state index contributed by atoms with van der Waals surface area (Å²) in [6.07, 6.45) is -5.47. The van der Waals surface area contributed by atoms with E-state index in [0.29, 0.717) is 0 Å². The van der Waals surface area contributed by atoms with Crippen LogP contribution in [0.2, 0.25) is 0 Å². The summed E-state index contributed by atoms with van der Waals surface area (Å²) in [5.74, 6) is -1.60. The van der Waals surface area contributed by atoms with Crippen molar-refractivity contribution >= 4 is 11.7 Å². The molecule has 0 unspecified atom stereocenters. The maximum Gasteiger partial charge on any atom is 0.433 e. The van der Waals surface area contributed by atoms with Gasteiger partial charge in [0.2, 0.25) is 0 Å². The predicted octanol–water partition coefficient (Wildman–Crippen LogP) is 3.63. The van der Waals surface area contributed by atoms with Crippen LogP contribution in [0.3, 0.4) is 0 Å². The largest absolute Gasteiger partial charge is 0.480 e. The first-order valence-corrected chi connectivity index (χ1v) is 6.13. The second kappa shape index (κ2) is 6.24. The van der Waals surface area contributed by atoms with Crippen LogP contribution in [-0.4, -0.2) is 34.7 Å². The molecule has 0 bridgehead atoms. The van der Waals surface area contributed by atoms with Crippen LogP contribution in [0.1, 0.15) is 25.8 Å². The summed E-state index contributed by atoms with van der Waals surface area (Å²) in [5, 5.41) is 8.96. The van der Waals surface area contributed by atoms with Crippen LogP contribution in [-0.2, 0) is 4.79 Å². The third-order valence-electron chi connectivity index (χ3n) is 2.56. The molecule has 0 heterocycles. The molecule has 116 valence electrons. The van der Waals surface area contributed by atoms with Gasteiger partial charge in [-0.2, -0.15) is 13.2 Å². The fraction of sp³-hybridized carbons (Fsp3) is 0.429. The number of alkyl halides is 4. The van der Waals surface area contributed by atoms with Gasteiger partial charge in [0.1, 0.15) is 11.4 Å². The summed E-state index contributed by atoms with van der Waals surface area (Å²) in [7, 11) is 0. The second-order valence-electron chi connectivity index (χ2n) is 5.12. The lowest BCUT2D eigenvalue weighted by molar-refractivity contribution is -0.139. The Hall–Kier alpha value is -1.92. The highest BCUT2D eigenvalue weighted by Gasteiger charge is 2.39. The van der Waals surface area contributed by atoms with Crippen molar-refractivity contribution in [1.29, 1.82) is 0 Å². The molecule has 0 radical (unpaired) electrons. The van der Waals surface area contributed by atoms with Gasteiger partial charge in [0, 0.05) is 12.0 Å². The highest BCUT2D eigenvalue weighted by Crippen LogP contribution is 2.25. The number of hydrogen-bond donors (Lipinski definition) is 1. The van der Waals surface area contributed by atoms with Gasteiger partial charge in [0.15, 0.2) is 6.04 Å². The van der Waals surface area contributed by atoms with Gasteiger partial charge in [-0.15, -0.1) is 0 Å². The van der Waals surface area contributed by atoms with E-state index in [0.717, 1.165) is 13.8 Å². The number of carboxylic acid groups (broad SMARTS) is 1. The number of carboxylic acids is 1. The lowest BCUT2D eigenvalue weighted by atomic mass is 10.0. The van der Waals surface area contributed by atoms with E-state index in [1.54, 1.807) is 0 Å².